The first-order chi connectivity index (χ1) is 6.17. The molecule has 0 aliphatic carbocycles. The number of aryl methyl sites for hydroxylation is 1. The fourth-order valence-corrected chi connectivity index (χ4v) is 1.12. The second-order valence-electron chi connectivity index (χ2n) is 2.44. The van der Waals surface area contributed by atoms with E-state index < -0.39 is 5.97 Å². The van der Waals surface area contributed by atoms with E-state index in [0.717, 1.165) is 12.1 Å². The molecule has 0 spiro atoms. The van der Waals surface area contributed by atoms with Crippen LogP contribution in [-0.4, -0.2) is 23.0 Å². The van der Waals surface area contributed by atoms with Crippen LogP contribution < -0.4 is 0 Å². The second-order valence-corrected chi connectivity index (χ2v) is 2.86. The summed E-state index contributed by atoms with van der Waals surface area (Å²) < 4.78 is 4.91. The van der Waals surface area contributed by atoms with E-state index >= 15 is 0 Å². The number of ether oxygens (including phenoxy) is 1. The standard InChI is InChI=1S/C8H10N2O2S/c1-3-5-4-6(13)10-7(9-5)8(11)12-2/h4H,3H2,1-2H3,(H,9,10,13). The van der Waals surface area contributed by atoms with E-state index in [2.05, 4.69) is 14.7 Å². The van der Waals surface area contributed by atoms with Gasteiger partial charge in [-0.2, -0.15) is 0 Å². The maximum atomic E-state index is 11.1. The van der Waals surface area contributed by atoms with Crippen LogP contribution in [0.5, 0.6) is 0 Å². The molecule has 0 saturated heterocycles. The molecule has 4 nitrogen and oxygen atoms in total. The molecule has 13 heavy (non-hydrogen) atoms. The van der Waals surface area contributed by atoms with Crippen molar-refractivity contribution in [2.24, 2.45) is 0 Å². The SMILES string of the molecule is CCc1cc(=S)nc(C(=O)OC)[nH]1. The van der Waals surface area contributed by atoms with Crippen LogP contribution in [-0.2, 0) is 11.2 Å². The minimum atomic E-state index is -0.499. The van der Waals surface area contributed by atoms with Gasteiger partial charge in [-0.1, -0.05) is 19.1 Å². The topological polar surface area (TPSA) is 55.0 Å². The summed E-state index contributed by atoms with van der Waals surface area (Å²) >= 11 is 4.88. The van der Waals surface area contributed by atoms with Gasteiger partial charge in [0.1, 0.15) is 4.64 Å². The van der Waals surface area contributed by atoms with Gasteiger partial charge in [-0.25, -0.2) is 9.78 Å². The molecule has 0 atom stereocenters. The number of aromatic amines is 1. The quantitative estimate of drug-likeness (QED) is 0.577. The Bertz CT molecular complexity index is 373. The second kappa shape index (κ2) is 4.13. The van der Waals surface area contributed by atoms with Gasteiger partial charge in [-0.3, -0.25) is 0 Å². The summed E-state index contributed by atoms with van der Waals surface area (Å²) in [5.74, 6) is -0.340. The lowest BCUT2D eigenvalue weighted by atomic mass is 10.3. The number of carbonyl (C=O) groups excluding carboxylic acids is 1. The number of nitrogens with zero attached hydrogens (tertiary/aromatic N) is 1. The van der Waals surface area contributed by atoms with Gasteiger partial charge in [0.25, 0.3) is 0 Å². The molecule has 0 bridgehead atoms. The van der Waals surface area contributed by atoms with Crippen LogP contribution in [0.25, 0.3) is 0 Å². The van der Waals surface area contributed by atoms with Crippen molar-refractivity contribution in [3.63, 3.8) is 0 Å². The number of nitrogens with one attached hydrogen (secondary N) is 1. The molecule has 0 unspecified atom stereocenters. The van der Waals surface area contributed by atoms with Gasteiger partial charge in [0.2, 0.25) is 5.82 Å². The van der Waals surface area contributed by atoms with Crippen molar-refractivity contribution in [3.05, 3.63) is 22.2 Å². The maximum Gasteiger partial charge on any atom is 0.374 e. The highest BCUT2D eigenvalue weighted by Gasteiger charge is 2.07. The summed E-state index contributed by atoms with van der Waals surface area (Å²) in [4.78, 5) is 17.7. The molecule has 0 radical (unpaired) electrons. The molecule has 1 heterocycles. The number of aromatic nitrogens is 2. The number of rotatable bonds is 2. The molecule has 1 rings (SSSR count). The fourth-order valence-electron chi connectivity index (χ4n) is 0.891. The van der Waals surface area contributed by atoms with E-state index in [-0.39, 0.29) is 5.82 Å². The van der Waals surface area contributed by atoms with Crippen LogP contribution in [0.4, 0.5) is 0 Å². The lowest BCUT2D eigenvalue weighted by Gasteiger charge is -2.01. The Morgan fingerprint density at radius 1 is 1.77 bits per heavy atom. The zero-order valence-corrected chi connectivity index (χ0v) is 8.27. The Morgan fingerprint density at radius 2 is 2.46 bits per heavy atom. The molecule has 1 N–H and O–H groups in total. The van der Waals surface area contributed by atoms with Gasteiger partial charge in [0.15, 0.2) is 0 Å². The predicted molar refractivity (Wildman–Crippen MR) is 50.1 cm³/mol. The first-order valence-electron chi connectivity index (χ1n) is 3.86. The monoisotopic (exact) mass is 198 g/mol. The Morgan fingerprint density at radius 3 is 3.00 bits per heavy atom. The van der Waals surface area contributed by atoms with Crippen molar-refractivity contribution >= 4 is 18.2 Å². The Hall–Kier alpha value is -1.23. The summed E-state index contributed by atoms with van der Waals surface area (Å²) in [5, 5.41) is 0. The highest BCUT2D eigenvalue weighted by molar-refractivity contribution is 7.71. The molecule has 1 aromatic rings. The largest absolute Gasteiger partial charge is 0.463 e. The van der Waals surface area contributed by atoms with Crippen LogP contribution in [0.2, 0.25) is 0 Å². The van der Waals surface area contributed by atoms with Crippen molar-refractivity contribution < 1.29 is 9.53 Å². The number of methoxy groups -OCH3 is 1. The number of hydrogen-bond donors (Lipinski definition) is 1. The van der Waals surface area contributed by atoms with Crippen molar-refractivity contribution in [2.45, 2.75) is 13.3 Å². The van der Waals surface area contributed by atoms with Gasteiger partial charge >= 0.3 is 5.97 Å². The van der Waals surface area contributed by atoms with Crippen LogP contribution >= 0.6 is 12.2 Å². The summed E-state index contributed by atoms with van der Waals surface area (Å²) in [6, 6.07) is 1.72. The molecule has 5 heteroatoms. The molecule has 0 aliphatic rings. The molecule has 0 amide bonds. The van der Waals surface area contributed by atoms with Crippen LogP contribution in [0.1, 0.15) is 23.2 Å². The molecular weight excluding hydrogens is 188 g/mol. The zero-order chi connectivity index (χ0) is 9.84. The minimum absolute atomic E-state index is 0.159. The van der Waals surface area contributed by atoms with Crippen molar-refractivity contribution in [2.75, 3.05) is 7.11 Å². The average molecular weight is 198 g/mol. The maximum absolute atomic E-state index is 11.1. The third kappa shape index (κ3) is 2.35. The predicted octanol–water partition coefficient (Wildman–Crippen LogP) is 1.49. The zero-order valence-electron chi connectivity index (χ0n) is 7.46. The first-order valence-corrected chi connectivity index (χ1v) is 4.26. The molecule has 0 fully saturated rings. The first kappa shape index (κ1) is 9.85. The van der Waals surface area contributed by atoms with Crippen molar-refractivity contribution in [3.8, 4) is 0 Å². The van der Waals surface area contributed by atoms with Gasteiger partial charge in [0.05, 0.1) is 7.11 Å². The Balaban J connectivity index is 3.16. The molecule has 0 saturated carbocycles. The number of H-pyrrole nitrogens is 1. The van der Waals surface area contributed by atoms with Gasteiger partial charge < -0.3 is 9.72 Å². The average Bonchev–Trinajstić information content (AvgIpc) is 2.15. The van der Waals surface area contributed by atoms with Crippen molar-refractivity contribution in [1.82, 2.24) is 9.97 Å². The third-order valence-corrected chi connectivity index (χ3v) is 1.77. The molecule has 0 aliphatic heterocycles. The van der Waals surface area contributed by atoms with Crippen LogP contribution in [0, 0.1) is 4.64 Å². The van der Waals surface area contributed by atoms with Crippen LogP contribution in [0.15, 0.2) is 6.07 Å². The number of carbonyl (C=O) groups is 1. The molecule has 70 valence electrons. The van der Waals surface area contributed by atoms with Gasteiger partial charge in [-0.15, -0.1) is 0 Å². The van der Waals surface area contributed by atoms with Gasteiger partial charge in [-0.05, 0) is 12.5 Å². The molecule has 0 aromatic carbocycles. The minimum Gasteiger partial charge on any atom is -0.463 e. The van der Waals surface area contributed by atoms with Crippen molar-refractivity contribution in [1.29, 1.82) is 0 Å². The van der Waals surface area contributed by atoms with E-state index in [0.29, 0.717) is 4.64 Å². The summed E-state index contributed by atoms with van der Waals surface area (Å²) in [6.07, 6.45) is 0.774. The Kier molecular flexibility index (Phi) is 3.13. The smallest absolute Gasteiger partial charge is 0.374 e. The van der Waals surface area contributed by atoms with Gasteiger partial charge in [0, 0.05) is 5.69 Å². The van der Waals surface area contributed by atoms with E-state index in [1.165, 1.54) is 7.11 Å². The van der Waals surface area contributed by atoms with E-state index in [4.69, 9.17) is 12.2 Å². The normalized spacial score (nSPS) is 9.69. The lowest BCUT2D eigenvalue weighted by Crippen LogP contribution is -2.08. The van der Waals surface area contributed by atoms with Crippen LogP contribution in [0.3, 0.4) is 0 Å². The van der Waals surface area contributed by atoms with E-state index in [1.54, 1.807) is 6.07 Å². The third-order valence-electron chi connectivity index (χ3n) is 1.56. The highest BCUT2D eigenvalue weighted by Crippen LogP contribution is 1.99. The molecular formula is C8H10N2O2S. The lowest BCUT2D eigenvalue weighted by molar-refractivity contribution is 0.0586. The fraction of sp³-hybridized carbons (Fsp3) is 0.375. The highest BCUT2D eigenvalue weighted by atomic mass is 32.1. The summed E-state index contributed by atoms with van der Waals surface area (Å²) in [5.41, 5.74) is 0.875. The van der Waals surface area contributed by atoms with E-state index in [9.17, 15) is 4.79 Å². The number of hydrogen-bond acceptors (Lipinski definition) is 4. The Labute approximate surface area is 81.0 Å². The molecule has 1 aromatic heterocycles. The number of esters is 1. The summed E-state index contributed by atoms with van der Waals surface area (Å²) in [7, 11) is 1.31. The summed E-state index contributed by atoms with van der Waals surface area (Å²) in [6.45, 7) is 1.96. The van der Waals surface area contributed by atoms with E-state index in [1.807, 2.05) is 6.92 Å².